The Kier molecular flexibility index (Phi) is 6.68. The van der Waals surface area contributed by atoms with Crippen molar-refractivity contribution in [1.29, 1.82) is 0 Å². The van der Waals surface area contributed by atoms with Crippen LogP contribution in [0.4, 0.5) is 5.69 Å². The number of rotatable bonds is 4. The van der Waals surface area contributed by atoms with Gasteiger partial charge in [0.25, 0.3) is 5.91 Å². The molecule has 4 rings (SSSR count). The van der Waals surface area contributed by atoms with Gasteiger partial charge in [0, 0.05) is 15.9 Å². The van der Waals surface area contributed by atoms with Crippen LogP contribution in [0.3, 0.4) is 0 Å². The van der Waals surface area contributed by atoms with Gasteiger partial charge in [-0.15, -0.1) is 0 Å². The minimum atomic E-state index is -0.506. The van der Waals surface area contributed by atoms with E-state index in [1.54, 1.807) is 17.1 Å². The number of aliphatic hydroxyl groups excluding tert-OH is 1. The van der Waals surface area contributed by atoms with Crippen LogP contribution in [0.25, 0.3) is 0 Å². The van der Waals surface area contributed by atoms with E-state index in [0.717, 1.165) is 29.3 Å². The lowest BCUT2D eigenvalue weighted by atomic mass is 9.92. The molecule has 1 aliphatic heterocycles. The van der Waals surface area contributed by atoms with Crippen molar-refractivity contribution in [3.05, 3.63) is 62.5 Å². The topological polar surface area (TPSA) is 64.9 Å². The van der Waals surface area contributed by atoms with E-state index in [1.165, 1.54) is 0 Å². The molecule has 1 saturated carbocycles. The van der Waals surface area contributed by atoms with Crippen molar-refractivity contribution in [1.82, 2.24) is 5.32 Å². The van der Waals surface area contributed by atoms with Crippen LogP contribution in [-0.4, -0.2) is 28.9 Å². The van der Waals surface area contributed by atoms with Crippen LogP contribution in [-0.2, 0) is 4.79 Å². The van der Waals surface area contributed by atoms with Crippen LogP contribution >= 0.6 is 39.1 Å². The lowest BCUT2D eigenvalue weighted by Crippen LogP contribution is -2.47. The maximum Gasteiger partial charge on any atom is 0.267 e. The number of anilines is 1. The first-order valence-electron chi connectivity index (χ1n) is 9.98. The second-order valence-electron chi connectivity index (χ2n) is 7.69. The van der Waals surface area contributed by atoms with Crippen molar-refractivity contribution < 1.29 is 9.90 Å². The second-order valence-corrected chi connectivity index (χ2v) is 9.45. The van der Waals surface area contributed by atoms with Crippen molar-refractivity contribution in [3.63, 3.8) is 0 Å². The number of amides is 1. The quantitative estimate of drug-likeness (QED) is 0.572. The van der Waals surface area contributed by atoms with Gasteiger partial charge in [0.1, 0.15) is 5.71 Å². The Morgan fingerprint density at radius 2 is 1.87 bits per heavy atom. The summed E-state index contributed by atoms with van der Waals surface area (Å²) in [5.41, 5.74) is 2.13. The molecule has 0 aromatic heterocycles. The van der Waals surface area contributed by atoms with Crippen LogP contribution in [0.2, 0.25) is 10.0 Å². The smallest absolute Gasteiger partial charge is 0.267 e. The zero-order chi connectivity index (χ0) is 21.3. The van der Waals surface area contributed by atoms with Crippen LogP contribution in [0.5, 0.6) is 0 Å². The second kappa shape index (κ2) is 9.27. The number of carbonyl (C=O) groups excluding carboxylic acids is 1. The molecule has 2 aromatic rings. The first kappa shape index (κ1) is 21.6. The first-order valence-corrected chi connectivity index (χ1v) is 11.5. The highest BCUT2D eigenvalue weighted by Crippen LogP contribution is 2.40. The molecule has 0 unspecified atom stereocenters. The van der Waals surface area contributed by atoms with Crippen LogP contribution < -0.4 is 10.3 Å². The number of carbonyl (C=O) groups is 1. The molecule has 0 spiro atoms. The Bertz CT molecular complexity index is 967. The van der Waals surface area contributed by atoms with Gasteiger partial charge >= 0.3 is 0 Å². The summed E-state index contributed by atoms with van der Waals surface area (Å²) in [5.74, 6) is -0.240. The fourth-order valence-corrected chi connectivity index (χ4v) is 4.77. The lowest BCUT2D eigenvalue weighted by molar-refractivity contribution is -0.116. The number of hydrogen-bond donors (Lipinski definition) is 2. The zero-order valence-corrected chi connectivity index (χ0v) is 19.3. The minimum absolute atomic E-state index is 0.172. The Balaban J connectivity index is 1.63. The van der Waals surface area contributed by atoms with Gasteiger partial charge in [-0.3, -0.25) is 9.80 Å². The summed E-state index contributed by atoms with van der Waals surface area (Å²) in [6.07, 6.45) is 3.42. The Hall–Kier alpha value is -1.60. The molecular weight excluding hydrogens is 489 g/mol. The van der Waals surface area contributed by atoms with Crippen molar-refractivity contribution in [3.8, 4) is 0 Å². The van der Waals surface area contributed by atoms with E-state index in [-0.39, 0.29) is 18.0 Å². The highest BCUT2D eigenvalue weighted by Gasteiger charge is 2.35. The number of aliphatic hydroxyl groups is 1. The molecule has 5 nitrogen and oxygen atoms in total. The Morgan fingerprint density at radius 1 is 1.13 bits per heavy atom. The van der Waals surface area contributed by atoms with Crippen molar-refractivity contribution in [2.75, 3.05) is 5.01 Å². The molecule has 0 radical (unpaired) electrons. The van der Waals surface area contributed by atoms with Crippen LogP contribution in [0.1, 0.15) is 43.7 Å². The molecule has 1 heterocycles. The number of halogens is 3. The molecule has 2 aromatic carbocycles. The average molecular weight is 511 g/mol. The van der Waals surface area contributed by atoms with Gasteiger partial charge in [0.15, 0.2) is 0 Å². The van der Waals surface area contributed by atoms with Gasteiger partial charge in [-0.05, 0) is 48.7 Å². The van der Waals surface area contributed by atoms with Gasteiger partial charge in [-0.2, -0.15) is 5.10 Å². The van der Waals surface area contributed by atoms with Crippen LogP contribution in [0.15, 0.2) is 52.0 Å². The predicted molar refractivity (Wildman–Crippen MR) is 124 cm³/mol. The molecule has 158 valence electrons. The summed E-state index contributed by atoms with van der Waals surface area (Å²) >= 11 is 16.0. The third-order valence-electron chi connectivity index (χ3n) is 5.63. The van der Waals surface area contributed by atoms with E-state index in [0.29, 0.717) is 34.3 Å². The number of nitrogens with zero attached hydrogens (tertiary/aromatic N) is 2. The maximum absolute atomic E-state index is 13.0. The molecule has 0 saturated heterocycles. The van der Waals surface area contributed by atoms with E-state index in [9.17, 15) is 9.90 Å². The monoisotopic (exact) mass is 509 g/mol. The number of benzene rings is 2. The number of nitrogens with one attached hydrogen (secondary N) is 1. The Morgan fingerprint density at radius 3 is 2.57 bits per heavy atom. The molecule has 8 heteroatoms. The maximum atomic E-state index is 13.0. The number of hydrogen-bond acceptors (Lipinski definition) is 4. The summed E-state index contributed by atoms with van der Waals surface area (Å²) in [7, 11) is 0. The van der Waals surface area contributed by atoms with Gasteiger partial charge in [0.05, 0.1) is 28.9 Å². The van der Waals surface area contributed by atoms with E-state index in [2.05, 4.69) is 26.3 Å². The van der Waals surface area contributed by atoms with E-state index in [1.807, 2.05) is 30.3 Å². The fourth-order valence-electron chi connectivity index (χ4n) is 4.01. The van der Waals surface area contributed by atoms with Crippen molar-refractivity contribution >= 4 is 56.4 Å². The molecule has 3 atom stereocenters. The van der Waals surface area contributed by atoms with Gasteiger partial charge < -0.3 is 10.4 Å². The molecule has 1 aliphatic carbocycles. The molecule has 0 bridgehead atoms. The highest BCUT2D eigenvalue weighted by molar-refractivity contribution is 9.10. The summed E-state index contributed by atoms with van der Waals surface area (Å²) < 4.78 is 0.977. The largest absolute Gasteiger partial charge is 0.391 e. The van der Waals surface area contributed by atoms with E-state index >= 15 is 0 Å². The third kappa shape index (κ3) is 4.67. The summed E-state index contributed by atoms with van der Waals surface area (Å²) in [5, 5.41) is 20.6. The summed E-state index contributed by atoms with van der Waals surface area (Å²) in [4.78, 5) is 13.0. The summed E-state index contributed by atoms with van der Waals surface area (Å²) in [6, 6.07) is 12.8. The highest BCUT2D eigenvalue weighted by atomic mass is 79.9. The first-order chi connectivity index (χ1) is 14.4. The SMILES string of the molecule is O=C(N[C@H]1CCCC[C@@H]1O)C1=NN(c2ccc(Cl)cc2Cl)[C@H](c2ccc(Br)cc2)C1. The molecule has 2 aliphatic rings. The molecular formula is C22H22BrCl2N3O2. The fraction of sp³-hybridized carbons (Fsp3) is 0.364. The van der Waals surface area contributed by atoms with Gasteiger partial charge in [-0.25, -0.2) is 0 Å². The summed E-state index contributed by atoms with van der Waals surface area (Å²) in [6.45, 7) is 0. The van der Waals surface area contributed by atoms with E-state index < -0.39 is 6.10 Å². The standard InChI is InChI=1S/C22H22BrCl2N3O2/c23-14-7-5-13(6-8-14)20-12-18(22(30)26-17-3-1-2-4-21(17)29)27-28(20)19-10-9-15(24)11-16(19)25/h5-11,17,20-21,29H,1-4,12H2,(H,26,30)/t17-,20-,21-/m0/s1. The van der Waals surface area contributed by atoms with Crippen molar-refractivity contribution in [2.24, 2.45) is 5.10 Å². The molecule has 30 heavy (non-hydrogen) atoms. The molecule has 2 N–H and O–H groups in total. The van der Waals surface area contributed by atoms with Crippen LogP contribution in [0, 0.1) is 0 Å². The average Bonchev–Trinajstić information content (AvgIpc) is 3.15. The predicted octanol–water partition coefficient (Wildman–Crippen LogP) is 5.48. The minimum Gasteiger partial charge on any atom is -0.391 e. The zero-order valence-electron chi connectivity index (χ0n) is 16.2. The van der Waals surface area contributed by atoms with Gasteiger partial charge in [0.2, 0.25) is 0 Å². The molecule has 1 fully saturated rings. The van der Waals surface area contributed by atoms with Crippen molar-refractivity contribution in [2.45, 2.75) is 50.3 Å². The molecule has 1 amide bonds. The third-order valence-corrected chi connectivity index (χ3v) is 6.70. The number of hydrazone groups is 1. The van der Waals surface area contributed by atoms with Gasteiger partial charge in [-0.1, -0.05) is 64.1 Å². The Labute approximate surface area is 194 Å². The van der Waals surface area contributed by atoms with E-state index in [4.69, 9.17) is 23.2 Å². The normalized spacial score (nSPS) is 23.9. The lowest BCUT2D eigenvalue weighted by Gasteiger charge is -2.28.